The quantitative estimate of drug-likeness (QED) is 0.715. The van der Waals surface area contributed by atoms with Crippen molar-refractivity contribution in [3.8, 4) is 6.07 Å². The maximum Gasteiger partial charge on any atom is 0.0684 e. The average molecular weight is 210 g/mol. The second-order valence-corrected chi connectivity index (χ2v) is 5.60. The van der Waals surface area contributed by atoms with E-state index in [1.807, 2.05) is 13.8 Å². The molecule has 1 saturated heterocycles. The Kier molecular flexibility index (Phi) is 3.75. The van der Waals surface area contributed by atoms with E-state index < -0.39 is 0 Å². The molecule has 0 aromatic carbocycles. The lowest BCUT2D eigenvalue weighted by molar-refractivity contribution is -0.0534. The largest absolute Gasteiger partial charge is 0.378 e. The smallest absolute Gasteiger partial charge is 0.0684 e. The minimum absolute atomic E-state index is 0.115. The highest BCUT2D eigenvalue weighted by molar-refractivity contribution is 4.93. The van der Waals surface area contributed by atoms with Gasteiger partial charge in [0.1, 0.15) is 0 Å². The number of morpholine rings is 1. The zero-order valence-corrected chi connectivity index (χ0v) is 10.3. The van der Waals surface area contributed by atoms with Gasteiger partial charge in [-0.15, -0.1) is 0 Å². The fourth-order valence-electron chi connectivity index (χ4n) is 1.78. The number of rotatable bonds is 3. The molecule has 0 aromatic rings. The summed E-state index contributed by atoms with van der Waals surface area (Å²) < 4.78 is 5.47. The summed E-state index contributed by atoms with van der Waals surface area (Å²) in [6.45, 7) is 12.0. The Labute approximate surface area is 93.0 Å². The maximum absolute atomic E-state index is 8.96. The van der Waals surface area contributed by atoms with Crippen LogP contribution in [-0.2, 0) is 4.74 Å². The van der Waals surface area contributed by atoms with Crippen molar-refractivity contribution < 1.29 is 4.74 Å². The Morgan fingerprint density at radius 3 is 2.67 bits per heavy atom. The number of nitrogens with zero attached hydrogens (tertiary/aromatic N) is 2. The zero-order chi connectivity index (χ0) is 11.5. The van der Waals surface area contributed by atoms with E-state index in [1.165, 1.54) is 0 Å². The van der Waals surface area contributed by atoms with Crippen molar-refractivity contribution in [2.75, 3.05) is 26.3 Å². The van der Waals surface area contributed by atoms with Gasteiger partial charge in [0.05, 0.1) is 24.7 Å². The lowest BCUT2D eigenvalue weighted by Gasteiger charge is -2.42. The highest BCUT2D eigenvalue weighted by Crippen LogP contribution is 2.24. The van der Waals surface area contributed by atoms with Gasteiger partial charge in [-0.05, 0) is 34.1 Å². The molecule has 0 N–H and O–H groups in total. The molecule has 15 heavy (non-hydrogen) atoms. The van der Waals surface area contributed by atoms with Crippen molar-refractivity contribution >= 4 is 0 Å². The van der Waals surface area contributed by atoms with Crippen LogP contribution in [0.2, 0.25) is 0 Å². The van der Waals surface area contributed by atoms with E-state index in [4.69, 9.17) is 10.00 Å². The summed E-state index contributed by atoms with van der Waals surface area (Å²) in [5, 5.41) is 8.96. The lowest BCUT2D eigenvalue weighted by Crippen LogP contribution is -2.53. The van der Waals surface area contributed by atoms with Crippen molar-refractivity contribution in [3.05, 3.63) is 0 Å². The summed E-state index contributed by atoms with van der Waals surface area (Å²) in [7, 11) is 0. The molecule has 86 valence electrons. The summed E-state index contributed by atoms with van der Waals surface area (Å²) in [4.78, 5) is 2.43. The van der Waals surface area contributed by atoms with E-state index in [0.29, 0.717) is 0 Å². The van der Waals surface area contributed by atoms with Gasteiger partial charge < -0.3 is 4.74 Å². The van der Waals surface area contributed by atoms with Crippen molar-refractivity contribution in [1.29, 1.82) is 5.26 Å². The molecule has 0 aromatic heterocycles. The molecule has 0 spiro atoms. The van der Waals surface area contributed by atoms with Crippen LogP contribution >= 0.6 is 0 Å². The van der Waals surface area contributed by atoms with E-state index in [2.05, 4.69) is 24.8 Å². The molecular formula is C12H22N2O. The monoisotopic (exact) mass is 210 g/mol. The molecule has 3 nitrogen and oxygen atoms in total. The minimum atomic E-state index is -0.214. The predicted molar refractivity (Wildman–Crippen MR) is 60.5 cm³/mol. The van der Waals surface area contributed by atoms with Crippen LogP contribution in [-0.4, -0.2) is 36.7 Å². The van der Waals surface area contributed by atoms with Gasteiger partial charge >= 0.3 is 0 Å². The molecule has 1 rings (SSSR count). The molecular weight excluding hydrogens is 188 g/mol. The lowest BCUT2D eigenvalue weighted by atomic mass is 9.90. The molecule has 3 heteroatoms. The van der Waals surface area contributed by atoms with E-state index in [-0.39, 0.29) is 11.0 Å². The summed E-state index contributed by atoms with van der Waals surface area (Å²) in [5.74, 6) is 0. The molecule has 0 radical (unpaired) electrons. The molecule has 1 fully saturated rings. The molecule has 0 amide bonds. The number of nitriles is 1. The Balaban J connectivity index is 2.48. The van der Waals surface area contributed by atoms with Gasteiger partial charge in [0.15, 0.2) is 0 Å². The second-order valence-electron chi connectivity index (χ2n) is 5.60. The van der Waals surface area contributed by atoms with Gasteiger partial charge in [0.25, 0.3) is 0 Å². The second kappa shape index (κ2) is 4.51. The van der Waals surface area contributed by atoms with Gasteiger partial charge in [0, 0.05) is 18.6 Å². The molecule has 1 heterocycles. The first-order chi connectivity index (χ1) is 6.87. The Bertz CT molecular complexity index is 253. The molecule has 1 aliphatic heterocycles. The average Bonchev–Trinajstić information content (AvgIpc) is 2.16. The third kappa shape index (κ3) is 3.48. The predicted octanol–water partition coefficient (Wildman–Crippen LogP) is 2.04. The van der Waals surface area contributed by atoms with Crippen molar-refractivity contribution in [2.24, 2.45) is 5.41 Å². The molecule has 0 unspecified atom stereocenters. The first-order valence-corrected chi connectivity index (χ1v) is 5.61. The minimum Gasteiger partial charge on any atom is -0.378 e. The van der Waals surface area contributed by atoms with Gasteiger partial charge in [-0.3, -0.25) is 4.90 Å². The van der Waals surface area contributed by atoms with E-state index >= 15 is 0 Å². The molecule has 0 bridgehead atoms. The van der Waals surface area contributed by atoms with Crippen molar-refractivity contribution in [1.82, 2.24) is 4.90 Å². The van der Waals surface area contributed by atoms with Crippen molar-refractivity contribution in [2.45, 2.75) is 39.7 Å². The summed E-state index contributed by atoms with van der Waals surface area (Å²) in [6.07, 6.45) is 0.924. The van der Waals surface area contributed by atoms with Crippen LogP contribution in [0.4, 0.5) is 0 Å². The molecule has 0 atom stereocenters. The number of ether oxygens (including phenoxy) is 1. The van der Waals surface area contributed by atoms with Crippen LogP contribution in [0.5, 0.6) is 0 Å². The van der Waals surface area contributed by atoms with Crippen LogP contribution < -0.4 is 0 Å². The van der Waals surface area contributed by atoms with E-state index in [0.717, 1.165) is 32.7 Å². The van der Waals surface area contributed by atoms with Crippen LogP contribution in [0, 0.1) is 16.7 Å². The van der Waals surface area contributed by atoms with E-state index in [9.17, 15) is 0 Å². The summed E-state index contributed by atoms with van der Waals surface area (Å²) >= 11 is 0. The third-order valence-electron chi connectivity index (χ3n) is 3.13. The Morgan fingerprint density at radius 1 is 1.47 bits per heavy atom. The number of hydrogen-bond acceptors (Lipinski definition) is 3. The highest BCUT2D eigenvalue weighted by Gasteiger charge is 2.31. The highest BCUT2D eigenvalue weighted by atomic mass is 16.5. The van der Waals surface area contributed by atoms with Gasteiger partial charge in [-0.2, -0.15) is 5.26 Å². The Morgan fingerprint density at radius 2 is 2.13 bits per heavy atom. The van der Waals surface area contributed by atoms with Gasteiger partial charge in [-0.1, -0.05) is 0 Å². The first kappa shape index (κ1) is 12.5. The normalized spacial score (nSPS) is 22.3. The van der Waals surface area contributed by atoms with Gasteiger partial charge in [-0.25, -0.2) is 0 Å². The fraction of sp³-hybridized carbons (Fsp3) is 0.917. The standard InChI is InChI=1S/C12H22N2O/c1-11(2,9-13)5-6-14-7-8-15-10-12(14,3)4/h5-8,10H2,1-4H3. The summed E-state index contributed by atoms with van der Waals surface area (Å²) in [6, 6.07) is 2.35. The van der Waals surface area contributed by atoms with Crippen LogP contribution in [0.15, 0.2) is 0 Å². The SMILES string of the molecule is CC(C)(C#N)CCN1CCOCC1(C)C. The molecule has 1 aliphatic rings. The molecule has 0 aliphatic carbocycles. The van der Waals surface area contributed by atoms with Crippen LogP contribution in [0.3, 0.4) is 0 Å². The van der Waals surface area contributed by atoms with Gasteiger partial charge in [0.2, 0.25) is 0 Å². The fourth-order valence-corrected chi connectivity index (χ4v) is 1.78. The van der Waals surface area contributed by atoms with E-state index in [1.54, 1.807) is 0 Å². The Hall–Kier alpha value is -0.590. The summed E-state index contributed by atoms with van der Waals surface area (Å²) in [5.41, 5.74) is -0.0990. The third-order valence-corrected chi connectivity index (χ3v) is 3.13. The van der Waals surface area contributed by atoms with Crippen LogP contribution in [0.1, 0.15) is 34.1 Å². The maximum atomic E-state index is 8.96. The van der Waals surface area contributed by atoms with Crippen molar-refractivity contribution in [3.63, 3.8) is 0 Å². The number of hydrogen-bond donors (Lipinski definition) is 0. The topological polar surface area (TPSA) is 36.3 Å². The molecule has 0 saturated carbocycles. The zero-order valence-electron chi connectivity index (χ0n) is 10.3. The van der Waals surface area contributed by atoms with Crippen LogP contribution in [0.25, 0.3) is 0 Å². The first-order valence-electron chi connectivity index (χ1n) is 5.61.